The smallest absolute Gasteiger partial charge is 0.327 e. The summed E-state index contributed by atoms with van der Waals surface area (Å²) in [5.74, 6) is -0.131. The molecule has 5 heteroatoms. The van der Waals surface area contributed by atoms with Crippen LogP contribution in [0.3, 0.4) is 0 Å². The van der Waals surface area contributed by atoms with Gasteiger partial charge in [-0.25, -0.2) is 4.79 Å². The van der Waals surface area contributed by atoms with Gasteiger partial charge in [-0.2, -0.15) is 0 Å². The molecule has 0 radical (unpaired) electrons. The summed E-state index contributed by atoms with van der Waals surface area (Å²) in [6.45, 7) is 3.21. The van der Waals surface area contributed by atoms with Gasteiger partial charge < -0.3 is 9.84 Å². The highest BCUT2D eigenvalue weighted by Crippen LogP contribution is 2.33. The molecule has 1 heterocycles. The van der Waals surface area contributed by atoms with Crippen molar-refractivity contribution in [3.8, 4) is 0 Å². The van der Waals surface area contributed by atoms with Gasteiger partial charge in [0.15, 0.2) is 0 Å². The third-order valence-corrected chi connectivity index (χ3v) is 4.27. The number of carbonyl (C=O) groups is 1. The van der Waals surface area contributed by atoms with Crippen LogP contribution in [0, 0.1) is 5.92 Å². The number of hydrogen-bond acceptors (Lipinski definition) is 4. The van der Waals surface area contributed by atoms with Crippen LogP contribution in [0.4, 0.5) is 0 Å². The van der Waals surface area contributed by atoms with Crippen LogP contribution in [-0.2, 0) is 9.53 Å². The lowest BCUT2D eigenvalue weighted by Gasteiger charge is -2.27. The van der Waals surface area contributed by atoms with E-state index in [0.29, 0.717) is 11.6 Å². The Hall–Kier alpha value is -1.10. The Morgan fingerprint density at radius 2 is 2.20 bits per heavy atom. The summed E-state index contributed by atoms with van der Waals surface area (Å²) >= 11 is 6.21. The van der Waals surface area contributed by atoms with Gasteiger partial charge in [0.1, 0.15) is 6.04 Å². The summed E-state index contributed by atoms with van der Waals surface area (Å²) in [5, 5.41) is 10.3. The number of ether oxygens (including phenoxy) is 1. The molecule has 3 unspecified atom stereocenters. The second kappa shape index (κ2) is 6.57. The molecule has 3 atom stereocenters. The first-order valence-electron chi connectivity index (χ1n) is 6.79. The number of nitrogens with zero attached hydrogens (tertiary/aromatic N) is 1. The van der Waals surface area contributed by atoms with Crippen molar-refractivity contribution in [2.24, 2.45) is 5.92 Å². The van der Waals surface area contributed by atoms with Crippen molar-refractivity contribution in [1.82, 2.24) is 4.90 Å². The maximum absolute atomic E-state index is 12.1. The van der Waals surface area contributed by atoms with Gasteiger partial charge in [-0.15, -0.1) is 0 Å². The van der Waals surface area contributed by atoms with Crippen LogP contribution in [-0.4, -0.2) is 42.3 Å². The van der Waals surface area contributed by atoms with E-state index in [9.17, 15) is 9.90 Å². The molecule has 1 aliphatic heterocycles. The Morgan fingerprint density at radius 3 is 2.75 bits per heavy atom. The quantitative estimate of drug-likeness (QED) is 0.866. The largest absolute Gasteiger partial charge is 0.468 e. The number of rotatable bonds is 4. The van der Waals surface area contributed by atoms with Crippen LogP contribution in [0.1, 0.15) is 24.9 Å². The average molecular weight is 298 g/mol. The molecule has 0 aliphatic carbocycles. The molecule has 1 aliphatic rings. The second-order valence-electron chi connectivity index (χ2n) is 5.23. The van der Waals surface area contributed by atoms with Gasteiger partial charge in [0.05, 0.1) is 13.2 Å². The fourth-order valence-electron chi connectivity index (χ4n) is 2.72. The van der Waals surface area contributed by atoms with Crippen LogP contribution in [0.25, 0.3) is 0 Å². The molecule has 1 aromatic rings. The van der Waals surface area contributed by atoms with Crippen molar-refractivity contribution < 1.29 is 14.6 Å². The molecule has 20 heavy (non-hydrogen) atoms. The number of aliphatic hydroxyl groups excluding tert-OH is 1. The lowest BCUT2D eigenvalue weighted by molar-refractivity contribution is -0.147. The number of carbonyl (C=O) groups excluding carboxylic acids is 1. The minimum absolute atomic E-state index is 0.185. The summed E-state index contributed by atoms with van der Waals surface area (Å²) in [5.41, 5.74) is 0.757. The van der Waals surface area contributed by atoms with Crippen molar-refractivity contribution in [2.75, 3.05) is 20.2 Å². The normalized spacial score (nSPS) is 22.5. The predicted molar refractivity (Wildman–Crippen MR) is 77.6 cm³/mol. The number of aliphatic hydroxyl groups is 1. The Balaban J connectivity index is 2.26. The molecule has 4 nitrogen and oxygen atoms in total. The van der Waals surface area contributed by atoms with Crippen molar-refractivity contribution in [1.29, 1.82) is 0 Å². The van der Waals surface area contributed by atoms with Gasteiger partial charge in [-0.05, 0) is 37.4 Å². The first-order valence-corrected chi connectivity index (χ1v) is 7.16. The van der Waals surface area contributed by atoms with Gasteiger partial charge >= 0.3 is 5.97 Å². The average Bonchev–Trinajstić information content (AvgIpc) is 2.90. The van der Waals surface area contributed by atoms with E-state index in [1.165, 1.54) is 7.11 Å². The molecule has 0 spiro atoms. The predicted octanol–water partition coefficient (Wildman–Crippen LogP) is 2.26. The molecule has 0 amide bonds. The van der Waals surface area contributed by atoms with Crippen LogP contribution in [0.5, 0.6) is 0 Å². The summed E-state index contributed by atoms with van der Waals surface area (Å²) in [6, 6.07) is 6.81. The first-order chi connectivity index (χ1) is 9.54. The highest BCUT2D eigenvalue weighted by Gasteiger charge is 2.36. The molecule has 0 bridgehead atoms. The maximum Gasteiger partial charge on any atom is 0.327 e. The summed E-state index contributed by atoms with van der Waals surface area (Å²) < 4.78 is 4.93. The molecule has 0 aromatic heterocycles. The number of esters is 1. The van der Waals surface area contributed by atoms with E-state index < -0.39 is 6.04 Å². The van der Waals surface area contributed by atoms with Crippen molar-refractivity contribution in [3.63, 3.8) is 0 Å². The van der Waals surface area contributed by atoms with Gasteiger partial charge in [0.25, 0.3) is 0 Å². The molecule has 1 aromatic carbocycles. The Bertz CT molecular complexity index is 478. The van der Waals surface area contributed by atoms with E-state index in [4.69, 9.17) is 16.3 Å². The fourth-order valence-corrected chi connectivity index (χ4v) is 2.96. The highest BCUT2D eigenvalue weighted by molar-refractivity contribution is 6.31. The van der Waals surface area contributed by atoms with Crippen molar-refractivity contribution >= 4 is 17.6 Å². The topological polar surface area (TPSA) is 49.8 Å². The molecule has 110 valence electrons. The van der Waals surface area contributed by atoms with Gasteiger partial charge in [-0.1, -0.05) is 29.8 Å². The molecular formula is C15H20ClNO3. The van der Waals surface area contributed by atoms with E-state index in [0.717, 1.165) is 18.5 Å². The fraction of sp³-hybridized carbons (Fsp3) is 0.533. The number of methoxy groups -OCH3 is 1. The third-order valence-electron chi connectivity index (χ3n) is 3.93. The second-order valence-corrected chi connectivity index (χ2v) is 5.64. The zero-order valence-electron chi connectivity index (χ0n) is 11.8. The summed E-state index contributed by atoms with van der Waals surface area (Å²) in [7, 11) is 1.38. The third kappa shape index (κ3) is 3.14. The van der Waals surface area contributed by atoms with Crippen LogP contribution < -0.4 is 0 Å². The van der Waals surface area contributed by atoms with E-state index in [1.807, 2.05) is 23.1 Å². The molecule has 1 saturated heterocycles. The number of hydrogen-bond donors (Lipinski definition) is 1. The van der Waals surface area contributed by atoms with E-state index in [1.54, 1.807) is 13.0 Å². The van der Waals surface area contributed by atoms with Crippen molar-refractivity contribution in [3.05, 3.63) is 34.9 Å². The Morgan fingerprint density at radius 1 is 1.50 bits per heavy atom. The first kappa shape index (κ1) is 15.3. The molecule has 1 fully saturated rings. The highest BCUT2D eigenvalue weighted by atomic mass is 35.5. The zero-order chi connectivity index (χ0) is 14.7. The molecule has 1 N–H and O–H groups in total. The number of halogens is 1. The van der Waals surface area contributed by atoms with E-state index >= 15 is 0 Å². The molecule has 0 saturated carbocycles. The van der Waals surface area contributed by atoms with E-state index in [2.05, 4.69) is 0 Å². The van der Waals surface area contributed by atoms with Crippen molar-refractivity contribution in [2.45, 2.75) is 25.5 Å². The lowest BCUT2D eigenvalue weighted by Crippen LogP contribution is -2.34. The number of likely N-dealkylation sites (tertiary alicyclic amines) is 1. The van der Waals surface area contributed by atoms with Gasteiger partial charge in [0.2, 0.25) is 0 Å². The minimum atomic E-state index is -0.502. The molecule has 2 rings (SSSR count). The Kier molecular flexibility index (Phi) is 5.02. The SMILES string of the molecule is COC(=O)C(c1ccccc1Cl)N1CCC(C(C)O)C1. The Labute approximate surface area is 124 Å². The summed E-state index contributed by atoms with van der Waals surface area (Å²) in [4.78, 5) is 14.2. The lowest BCUT2D eigenvalue weighted by atomic mass is 10.0. The monoisotopic (exact) mass is 297 g/mol. The van der Waals surface area contributed by atoms with Gasteiger partial charge in [0, 0.05) is 11.6 Å². The van der Waals surface area contributed by atoms with Gasteiger partial charge in [-0.3, -0.25) is 4.90 Å². The minimum Gasteiger partial charge on any atom is -0.468 e. The maximum atomic E-state index is 12.1. The standard InChI is InChI=1S/C15H20ClNO3/c1-10(18)11-7-8-17(9-11)14(15(19)20-2)12-5-3-4-6-13(12)16/h3-6,10-11,14,18H,7-9H2,1-2H3. The molecular weight excluding hydrogens is 278 g/mol. The van der Waals surface area contributed by atoms with Crippen LogP contribution >= 0.6 is 11.6 Å². The van der Waals surface area contributed by atoms with E-state index in [-0.39, 0.29) is 18.0 Å². The van der Waals surface area contributed by atoms with Crippen LogP contribution in [0.15, 0.2) is 24.3 Å². The zero-order valence-corrected chi connectivity index (χ0v) is 12.5. The number of benzene rings is 1. The summed E-state index contributed by atoms with van der Waals surface area (Å²) in [6.07, 6.45) is 0.500. The van der Waals surface area contributed by atoms with Crippen LogP contribution in [0.2, 0.25) is 5.02 Å².